The van der Waals surface area contributed by atoms with Crippen LogP contribution in [0.4, 0.5) is 4.39 Å². The Hall–Kier alpha value is -2.49. The molecule has 0 unspecified atom stereocenters. The van der Waals surface area contributed by atoms with Crippen molar-refractivity contribution < 1.29 is 19.7 Å². The predicted molar refractivity (Wildman–Crippen MR) is 76.5 cm³/mol. The quantitative estimate of drug-likeness (QED) is 0.748. The number of benzene rings is 2. The first-order valence-electron chi connectivity index (χ1n) is 6.17. The Labute approximate surface area is 116 Å². The van der Waals surface area contributed by atoms with Crippen LogP contribution in [-0.2, 0) is 6.42 Å². The number of hydrogen-bond acceptors (Lipinski definition) is 3. The van der Waals surface area contributed by atoms with Gasteiger partial charge in [0.05, 0.1) is 6.67 Å². The normalized spacial score (nSPS) is 11.1. The summed E-state index contributed by atoms with van der Waals surface area (Å²) in [5.74, 6) is 0.0387. The number of phenols is 3. The molecular formula is C16H15FO3. The molecule has 4 heteroatoms. The summed E-state index contributed by atoms with van der Waals surface area (Å²) < 4.78 is 12.3. The number of phenolic OH excluding ortho intramolecular Hbond substituents is 3. The lowest BCUT2D eigenvalue weighted by Gasteiger charge is -2.03. The van der Waals surface area contributed by atoms with Crippen LogP contribution in [0, 0.1) is 0 Å². The van der Waals surface area contributed by atoms with Crippen LogP contribution in [0.15, 0.2) is 36.4 Å². The lowest BCUT2D eigenvalue weighted by Crippen LogP contribution is -1.88. The summed E-state index contributed by atoms with van der Waals surface area (Å²) in [6.45, 7) is -0.527. The fourth-order valence-electron chi connectivity index (χ4n) is 1.92. The number of halogens is 1. The highest BCUT2D eigenvalue weighted by molar-refractivity contribution is 5.71. The minimum absolute atomic E-state index is 0.0199. The second kappa shape index (κ2) is 6.10. The number of alkyl halides is 1. The van der Waals surface area contributed by atoms with Gasteiger partial charge in [0.25, 0.3) is 0 Å². The maximum absolute atomic E-state index is 12.3. The molecule has 0 radical (unpaired) electrons. The zero-order valence-corrected chi connectivity index (χ0v) is 10.8. The summed E-state index contributed by atoms with van der Waals surface area (Å²) in [4.78, 5) is 0. The van der Waals surface area contributed by atoms with Gasteiger partial charge in [0.15, 0.2) is 0 Å². The molecule has 0 aliphatic carbocycles. The van der Waals surface area contributed by atoms with Gasteiger partial charge in [-0.2, -0.15) is 0 Å². The van der Waals surface area contributed by atoms with Crippen molar-refractivity contribution >= 4 is 12.2 Å². The molecule has 3 N–H and O–H groups in total. The van der Waals surface area contributed by atoms with E-state index < -0.39 is 6.67 Å². The molecule has 0 amide bonds. The molecule has 104 valence electrons. The predicted octanol–water partition coefficient (Wildman–Crippen LogP) is 3.49. The maximum Gasteiger partial charge on any atom is 0.119 e. The lowest BCUT2D eigenvalue weighted by atomic mass is 10.1. The van der Waals surface area contributed by atoms with Crippen molar-refractivity contribution in [3.8, 4) is 17.2 Å². The number of hydrogen-bond donors (Lipinski definition) is 3. The standard InChI is InChI=1S/C16H15FO3/c17-6-5-13-7-11(3-4-16(13)20)1-2-12-8-14(18)10-15(19)9-12/h1-4,7-10,18-20H,5-6H2/b2-1+. The maximum atomic E-state index is 12.3. The fraction of sp³-hybridized carbons (Fsp3) is 0.125. The first kappa shape index (κ1) is 13.9. The van der Waals surface area contributed by atoms with Gasteiger partial charge < -0.3 is 15.3 Å². The van der Waals surface area contributed by atoms with Crippen LogP contribution < -0.4 is 0 Å². The summed E-state index contributed by atoms with van der Waals surface area (Å²) in [6, 6.07) is 9.20. The van der Waals surface area contributed by atoms with E-state index in [4.69, 9.17) is 0 Å². The topological polar surface area (TPSA) is 60.7 Å². The molecule has 20 heavy (non-hydrogen) atoms. The Morgan fingerprint density at radius 2 is 1.50 bits per heavy atom. The van der Waals surface area contributed by atoms with E-state index in [-0.39, 0.29) is 23.7 Å². The molecule has 0 heterocycles. The van der Waals surface area contributed by atoms with E-state index in [1.807, 2.05) is 0 Å². The van der Waals surface area contributed by atoms with Crippen LogP contribution in [-0.4, -0.2) is 22.0 Å². The van der Waals surface area contributed by atoms with Crippen molar-refractivity contribution in [1.29, 1.82) is 0 Å². The summed E-state index contributed by atoms with van der Waals surface area (Å²) in [6.07, 6.45) is 3.64. The summed E-state index contributed by atoms with van der Waals surface area (Å²) in [5, 5.41) is 28.3. The smallest absolute Gasteiger partial charge is 0.119 e. The van der Waals surface area contributed by atoms with Gasteiger partial charge in [-0.25, -0.2) is 0 Å². The highest BCUT2D eigenvalue weighted by Gasteiger charge is 2.01. The second-order valence-electron chi connectivity index (χ2n) is 4.44. The van der Waals surface area contributed by atoms with Crippen molar-refractivity contribution in [3.05, 3.63) is 53.1 Å². The summed E-state index contributed by atoms with van der Waals surface area (Å²) in [7, 11) is 0. The van der Waals surface area contributed by atoms with Gasteiger partial charge >= 0.3 is 0 Å². The Bertz CT molecular complexity index is 615. The van der Waals surface area contributed by atoms with E-state index in [1.54, 1.807) is 24.3 Å². The molecule has 0 spiro atoms. The Morgan fingerprint density at radius 3 is 2.15 bits per heavy atom. The molecule has 2 aromatic carbocycles. The second-order valence-corrected chi connectivity index (χ2v) is 4.44. The SMILES string of the molecule is Oc1cc(O)cc(/C=C/c2ccc(O)c(CCF)c2)c1. The zero-order chi connectivity index (χ0) is 14.5. The average Bonchev–Trinajstić information content (AvgIpc) is 2.39. The van der Waals surface area contributed by atoms with Crippen molar-refractivity contribution in [2.75, 3.05) is 6.67 Å². The van der Waals surface area contributed by atoms with Gasteiger partial charge in [-0.05, 0) is 41.0 Å². The van der Waals surface area contributed by atoms with Gasteiger partial charge in [0.2, 0.25) is 0 Å². The van der Waals surface area contributed by atoms with Crippen molar-refractivity contribution in [3.63, 3.8) is 0 Å². The fourth-order valence-corrected chi connectivity index (χ4v) is 1.92. The molecule has 2 rings (SSSR count). The van der Waals surface area contributed by atoms with Gasteiger partial charge in [-0.3, -0.25) is 4.39 Å². The van der Waals surface area contributed by atoms with Crippen LogP contribution in [0.2, 0.25) is 0 Å². The average molecular weight is 274 g/mol. The number of rotatable bonds is 4. The first-order chi connectivity index (χ1) is 9.58. The molecule has 0 aliphatic rings. The van der Waals surface area contributed by atoms with Gasteiger partial charge in [0, 0.05) is 12.5 Å². The Kier molecular flexibility index (Phi) is 4.25. The molecule has 0 saturated carbocycles. The monoisotopic (exact) mass is 274 g/mol. The Morgan fingerprint density at radius 1 is 0.850 bits per heavy atom. The zero-order valence-electron chi connectivity index (χ0n) is 10.8. The lowest BCUT2D eigenvalue weighted by molar-refractivity contribution is 0.450. The minimum atomic E-state index is -0.527. The molecule has 0 bridgehead atoms. The van der Waals surface area contributed by atoms with Crippen LogP contribution >= 0.6 is 0 Å². The molecule has 2 aromatic rings. The van der Waals surface area contributed by atoms with E-state index >= 15 is 0 Å². The molecule has 0 atom stereocenters. The van der Waals surface area contributed by atoms with Crippen molar-refractivity contribution in [2.24, 2.45) is 0 Å². The molecule has 3 nitrogen and oxygen atoms in total. The first-order valence-corrected chi connectivity index (χ1v) is 6.17. The van der Waals surface area contributed by atoms with Crippen molar-refractivity contribution in [1.82, 2.24) is 0 Å². The molecule has 0 aromatic heterocycles. The van der Waals surface area contributed by atoms with E-state index in [0.717, 1.165) is 5.56 Å². The molecule has 0 saturated heterocycles. The molecule has 0 aliphatic heterocycles. The third-order valence-corrected chi connectivity index (χ3v) is 2.86. The largest absolute Gasteiger partial charge is 0.508 e. The van der Waals surface area contributed by atoms with Crippen LogP contribution in [0.1, 0.15) is 16.7 Å². The minimum Gasteiger partial charge on any atom is -0.508 e. The van der Waals surface area contributed by atoms with Gasteiger partial charge in [-0.15, -0.1) is 0 Å². The van der Waals surface area contributed by atoms with E-state index in [2.05, 4.69) is 0 Å². The van der Waals surface area contributed by atoms with E-state index in [1.165, 1.54) is 24.3 Å². The van der Waals surface area contributed by atoms with E-state index in [9.17, 15) is 19.7 Å². The highest BCUT2D eigenvalue weighted by Crippen LogP contribution is 2.23. The number of aryl methyl sites for hydroxylation is 1. The third-order valence-electron chi connectivity index (χ3n) is 2.86. The highest BCUT2D eigenvalue weighted by atomic mass is 19.1. The van der Waals surface area contributed by atoms with Crippen molar-refractivity contribution in [2.45, 2.75) is 6.42 Å². The third kappa shape index (κ3) is 3.51. The van der Waals surface area contributed by atoms with Crippen LogP contribution in [0.3, 0.4) is 0 Å². The van der Waals surface area contributed by atoms with E-state index in [0.29, 0.717) is 11.1 Å². The number of aromatic hydroxyl groups is 3. The van der Waals surface area contributed by atoms with Crippen LogP contribution in [0.5, 0.6) is 17.2 Å². The summed E-state index contributed by atoms with van der Waals surface area (Å²) in [5.41, 5.74) is 1.99. The molecular weight excluding hydrogens is 259 g/mol. The van der Waals surface area contributed by atoms with Crippen LogP contribution in [0.25, 0.3) is 12.2 Å². The van der Waals surface area contributed by atoms with Gasteiger partial charge in [-0.1, -0.05) is 18.2 Å². The van der Waals surface area contributed by atoms with Gasteiger partial charge in [0.1, 0.15) is 17.2 Å². The summed E-state index contributed by atoms with van der Waals surface area (Å²) >= 11 is 0. The molecule has 0 fully saturated rings. The Balaban J connectivity index is 2.24.